The molecule has 1 aromatic heterocycles. The molecule has 2 rings (SSSR count). The van der Waals surface area contributed by atoms with E-state index >= 15 is 0 Å². The summed E-state index contributed by atoms with van der Waals surface area (Å²) in [4.78, 5) is 16.7. The van der Waals surface area contributed by atoms with Gasteiger partial charge >= 0.3 is 0 Å². The number of nitrogens with zero attached hydrogens (tertiary/aromatic N) is 3. The average Bonchev–Trinajstić information content (AvgIpc) is 2.39. The Morgan fingerprint density at radius 2 is 1.95 bits per heavy atom. The van der Waals surface area contributed by atoms with Crippen molar-refractivity contribution >= 4 is 27.5 Å². The fourth-order valence-electron chi connectivity index (χ4n) is 1.94. The highest BCUT2D eigenvalue weighted by Crippen LogP contribution is 2.19. The molecule has 19 heavy (non-hydrogen) atoms. The molecule has 0 unspecified atom stereocenters. The zero-order chi connectivity index (χ0) is 14.0. The van der Waals surface area contributed by atoms with Gasteiger partial charge in [0.2, 0.25) is 15.9 Å². The third-order valence-electron chi connectivity index (χ3n) is 3.02. The molecule has 1 fully saturated rings. The summed E-state index contributed by atoms with van der Waals surface area (Å²) in [6, 6.07) is 2.74. The lowest BCUT2D eigenvalue weighted by molar-refractivity contribution is -0.129. The summed E-state index contributed by atoms with van der Waals surface area (Å²) in [6.45, 7) is 2.89. The van der Waals surface area contributed by atoms with Gasteiger partial charge in [-0.1, -0.05) is 11.6 Å². The summed E-state index contributed by atoms with van der Waals surface area (Å²) in [6.07, 6.45) is 1.36. The topological polar surface area (TPSA) is 70.6 Å². The molecular formula is C11H14ClN3O3S. The molecule has 1 aliphatic heterocycles. The van der Waals surface area contributed by atoms with E-state index < -0.39 is 10.0 Å². The molecule has 1 saturated heterocycles. The summed E-state index contributed by atoms with van der Waals surface area (Å²) in [5.74, 6) is -0.0380. The van der Waals surface area contributed by atoms with Crippen LogP contribution in [-0.4, -0.2) is 54.7 Å². The monoisotopic (exact) mass is 303 g/mol. The summed E-state index contributed by atoms with van der Waals surface area (Å²) < 4.78 is 26.1. The third-order valence-corrected chi connectivity index (χ3v) is 5.12. The van der Waals surface area contributed by atoms with Crippen LogP contribution in [-0.2, 0) is 14.8 Å². The minimum absolute atomic E-state index is 0.0380. The number of sulfonamides is 1. The first-order valence-electron chi connectivity index (χ1n) is 5.78. The van der Waals surface area contributed by atoms with Crippen molar-refractivity contribution in [3.63, 3.8) is 0 Å². The fraction of sp³-hybridized carbons (Fsp3) is 0.455. The molecule has 0 N–H and O–H groups in total. The Hall–Kier alpha value is -1.18. The van der Waals surface area contributed by atoms with E-state index in [9.17, 15) is 13.2 Å². The molecule has 0 aromatic carbocycles. The Kier molecular flexibility index (Phi) is 4.07. The predicted octanol–water partition coefficient (Wildman–Crippen LogP) is 0.588. The Bertz CT molecular complexity index is 583. The highest BCUT2D eigenvalue weighted by atomic mass is 35.5. The number of hydrogen-bond donors (Lipinski definition) is 0. The molecule has 0 atom stereocenters. The van der Waals surface area contributed by atoms with Gasteiger partial charge in [-0.05, 0) is 12.1 Å². The second kappa shape index (κ2) is 5.44. The number of piperazine rings is 1. The van der Waals surface area contributed by atoms with E-state index in [1.54, 1.807) is 4.90 Å². The van der Waals surface area contributed by atoms with Crippen molar-refractivity contribution in [1.29, 1.82) is 0 Å². The van der Waals surface area contributed by atoms with Gasteiger partial charge in [0.05, 0.1) is 4.90 Å². The smallest absolute Gasteiger partial charge is 0.243 e. The number of halogens is 1. The van der Waals surface area contributed by atoms with Crippen LogP contribution in [0.25, 0.3) is 0 Å². The molecule has 0 bridgehead atoms. The number of rotatable bonds is 2. The maximum Gasteiger partial charge on any atom is 0.243 e. The number of carbonyl (C=O) groups excluding carboxylic acids is 1. The number of pyridine rings is 1. The van der Waals surface area contributed by atoms with Crippen molar-refractivity contribution in [3.8, 4) is 0 Å². The van der Waals surface area contributed by atoms with E-state index in [4.69, 9.17) is 11.6 Å². The minimum Gasteiger partial charge on any atom is -0.340 e. The molecule has 0 radical (unpaired) electrons. The van der Waals surface area contributed by atoms with Crippen LogP contribution in [0.1, 0.15) is 6.92 Å². The molecule has 1 aromatic rings. The Labute approximate surface area is 117 Å². The van der Waals surface area contributed by atoms with Crippen molar-refractivity contribution in [1.82, 2.24) is 14.2 Å². The number of hydrogen-bond acceptors (Lipinski definition) is 4. The number of carbonyl (C=O) groups is 1. The standard InChI is InChI=1S/C11H14ClN3O3S/c1-9(16)14-4-6-15(7-5-14)19(17,18)10-2-3-13-11(12)8-10/h2-3,8H,4-7H2,1H3. The Morgan fingerprint density at radius 1 is 1.32 bits per heavy atom. The van der Waals surface area contributed by atoms with Crippen LogP contribution in [0.3, 0.4) is 0 Å². The Morgan fingerprint density at radius 3 is 2.47 bits per heavy atom. The molecule has 6 nitrogen and oxygen atoms in total. The molecule has 0 spiro atoms. The van der Waals surface area contributed by atoms with E-state index in [0.29, 0.717) is 26.2 Å². The quantitative estimate of drug-likeness (QED) is 0.750. The highest BCUT2D eigenvalue weighted by molar-refractivity contribution is 7.89. The van der Waals surface area contributed by atoms with Gasteiger partial charge in [-0.25, -0.2) is 13.4 Å². The predicted molar refractivity (Wildman–Crippen MR) is 70.3 cm³/mol. The number of amides is 1. The summed E-state index contributed by atoms with van der Waals surface area (Å²) >= 11 is 5.71. The van der Waals surface area contributed by atoms with Crippen molar-refractivity contribution in [3.05, 3.63) is 23.5 Å². The van der Waals surface area contributed by atoms with Crippen molar-refractivity contribution in [2.75, 3.05) is 26.2 Å². The second-order valence-corrected chi connectivity index (χ2v) is 6.55. The zero-order valence-electron chi connectivity index (χ0n) is 10.4. The molecule has 1 amide bonds. The first kappa shape index (κ1) is 14.2. The van der Waals surface area contributed by atoms with Gasteiger partial charge in [0.25, 0.3) is 0 Å². The van der Waals surface area contributed by atoms with Crippen molar-refractivity contribution in [2.45, 2.75) is 11.8 Å². The Balaban J connectivity index is 2.16. The van der Waals surface area contributed by atoms with Crippen LogP contribution in [0.5, 0.6) is 0 Å². The van der Waals surface area contributed by atoms with E-state index in [2.05, 4.69) is 4.98 Å². The van der Waals surface area contributed by atoms with Crippen LogP contribution >= 0.6 is 11.6 Å². The van der Waals surface area contributed by atoms with E-state index in [0.717, 1.165) is 0 Å². The van der Waals surface area contributed by atoms with Crippen LogP contribution in [0.15, 0.2) is 23.2 Å². The van der Waals surface area contributed by atoms with Gasteiger partial charge in [-0.3, -0.25) is 4.79 Å². The van der Waals surface area contributed by atoms with Crippen LogP contribution in [0.4, 0.5) is 0 Å². The normalized spacial score (nSPS) is 17.5. The lowest BCUT2D eigenvalue weighted by Crippen LogP contribution is -2.49. The zero-order valence-corrected chi connectivity index (χ0v) is 12.0. The first-order valence-corrected chi connectivity index (χ1v) is 7.60. The SMILES string of the molecule is CC(=O)N1CCN(S(=O)(=O)c2ccnc(Cl)c2)CC1. The van der Waals surface area contributed by atoms with Gasteiger partial charge in [-0.2, -0.15) is 4.31 Å². The lowest BCUT2D eigenvalue weighted by Gasteiger charge is -2.33. The molecular weight excluding hydrogens is 290 g/mol. The molecule has 0 saturated carbocycles. The van der Waals surface area contributed by atoms with Gasteiger partial charge < -0.3 is 4.90 Å². The van der Waals surface area contributed by atoms with Crippen molar-refractivity contribution in [2.24, 2.45) is 0 Å². The molecule has 1 aliphatic rings. The third kappa shape index (κ3) is 3.05. The summed E-state index contributed by atoms with van der Waals surface area (Å²) in [5, 5.41) is 0.142. The van der Waals surface area contributed by atoms with E-state index in [-0.39, 0.29) is 16.0 Å². The molecule has 104 valence electrons. The van der Waals surface area contributed by atoms with Gasteiger partial charge in [0, 0.05) is 39.3 Å². The van der Waals surface area contributed by atoms with Crippen LogP contribution in [0.2, 0.25) is 5.15 Å². The van der Waals surface area contributed by atoms with Crippen molar-refractivity contribution < 1.29 is 13.2 Å². The molecule has 2 heterocycles. The van der Waals surface area contributed by atoms with Gasteiger partial charge in [-0.15, -0.1) is 0 Å². The lowest BCUT2D eigenvalue weighted by atomic mass is 10.3. The van der Waals surface area contributed by atoms with E-state index in [1.165, 1.54) is 29.6 Å². The van der Waals surface area contributed by atoms with Crippen LogP contribution < -0.4 is 0 Å². The summed E-state index contributed by atoms with van der Waals surface area (Å²) in [5.41, 5.74) is 0. The minimum atomic E-state index is -3.56. The van der Waals surface area contributed by atoms with Gasteiger partial charge in [0.1, 0.15) is 5.15 Å². The highest BCUT2D eigenvalue weighted by Gasteiger charge is 2.29. The summed E-state index contributed by atoms with van der Waals surface area (Å²) in [7, 11) is -3.56. The maximum atomic E-state index is 12.4. The maximum absolute atomic E-state index is 12.4. The second-order valence-electron chi connectivity index (χ2n) is 4.22. The number of aromatic nitrogens is 1. The first-order chi connectivity index (χ1) is 8.91. The van der Waals surface area contributed by atoms with Crippen LogP contribution in [0, 0.1) is 0 Å². The molecule has 0 aliphatic carbocycles. The van der Waals surface area contributed by atoms with Gasteiger partial charge in [0.15, 0.2) is 0 Å². The van der Waals surface area contributed by atoms with E-state index in [1.807, 2.05) is 0 Å². The average molecular weight is 304 g/mol. The largest absolute Gasteiger partial charge is 0.340 e. The fourth-order valence-corrected chi connectivity index (χ4v) is 3.61. The molecule has 8 heteroatoms.